The number of nitrogens with zero attached hydrogens (tertiary/aromatic N) is 1. The van der Waals surface area contributed by atoms with Crippen LogP contribution in [0.4, 0.5) is 0 Å². The van der Waals surface area contributed by atoms with E-state index in [1.807, 2.05) is 32.9 Å². The minimum Gasteiger partial charge on any atom is -0.493 e. The van der Waals surface area contributed by atoms with Crippen LogP contribution in [0.1, 0.15) is 22.3 Å². The van der Waals surface area contributed by atoms with E-state index in [1.165, 1.54) is 27.5 Å². The molecule has 0 aromatic heterocycles. The molecule has 0 aliphatic rings. The van der Waals surface area contributed by atoms with Crippen molar-refractivity contribution in [3.05, 3.63) is 46.5 Å². The van der Waals surface area contributed by atoms with Crippen LogP contribution in [0.25, 0.3) is 0 Å². The maximum absolute atomic E-state index is 12.0. The zero-order valence-corrected chi connectivity index (χ0v) is 17.1. The largest absolute Gasteiger partial charge is 0.493 e. The van der Waals surface area contributed by atoms with E-state index in [4.69, 9.17) is 18.9 Å². The van der Waals surface area contributed by atoms with Gasteiger partial charge < -0.3 is 18.9 Å². The lowest BCUT2D eigenvalue weighted by Gasteiger charge is -2.13. The Morgan fingerprint density at radius 1 is 0.929 bits per heavy atom. The fraction of sp³-hybridized carbons (Fsp3) is 0.333. The molecule has 1 amide bonds. The zero-order valence-electron chi connectivity index (χ0n) is 17.1. The smallest absolute Gasteiger partial charge is 0.277 e. The van der Waals surface area contributed by atoms with Crippen LogP contribution in [-0.4, -0.2) is 40.1 Å². The van der Waals surface area contributed by atoms with Crippen molar-refractivity contribution in [3.8, 4) is 23.0 Å². The van der Waals surface area contributed by atoms with E-state index < -0.39 is 0 Å². The standard InChI is InChI=1S/C21H26N2O5/c1-13-7-14(2)20(15(3)8-13)28-12-19(24)23-22-11-16-9-17(25-4)21(27-6)18(10-16)26-5/h7-11H,12H2,1-6H3,(H,23,24)/b22-11+. The van der Waals surface area contributed by atoms with Crippen LogP contribution in [0.15, 0.2) is 29.4 Å². The van der Waals surface area contributed by atoms with Crippen LogP contribution in [0, 0.1) is 20.8 Å². The molecule has 2 aromatic rings. The third kappa shape index (κ3) is 5.16. The predicted octanol–water partition coefficient (Wildman–Crippen LogP) is 3.17. The number of hydrogen-bond donors (Lipinski definition) is 1. The molecule has 0 saturated heterocycles. The average Bonchev–Trinajstić information content (AvgIpc) is 2.66. The number of carbonyl (C=O) groups excluding carboxylic acids is 1. The van der Waals surface area contributed by atoms with Crippen LogP contribution in [0.2, 0.25) is 0 Å². The summed E-state index contributed by atoms with van der Waals surface area (Å²) in [7, 11) is 4.60. The molecule has 2 aromatic carbocycles. The molecule has 2 rings (SSSR count). The zero-order chi connectivity index (χ0) is 20.7. The van der Waals surface area contributed by atoms with E-state index in [-0.39, 0.29) is 12.5 Å². The summed E-state index contributed by atoms with van der Waals surface area (Å²) in [6, 6.07) is 7.49. The first-order valence-corrected chi connectivity index (χ1v) is 8.72. The van der Waals surface area contributed by atoms with Crippen LogP contribution < -0.4 is 24.4 Å². The van der Waals surface area contributed by atoms with Crippen molar-refractivity contribution < 1.29 is 23.7 Å². The number of hydrogen-bond acceptors (Lipinski definition) is 6. The summed E-state index contributed by atoms with van der Waals surface area (Å²) in [6.07, 6.45) is 1.49. The van der Waals surface area contributed by atoms with Crippen molar-refractivity contribution in [2.45, 2.75) is 20.8 Å². The molecule has 28 heavy (non-hydrogen) atoms. The molecule has 0 saturated carbocycles. The highest BCUT2D eigenvalue weighted by atomic mass is 16.5. The molecular weight excluding hydrogens is 360 g/mol. The van der Waals surface area contributed by atoms with Gasteiger partial charge in [0.2, 0.25) is 5.75 Å². The molecule has 0 bridgehead atoms. The first kappa shape index (κ1) is 21.1. The highest BCUT2D eigenvalue weighted by Gasteiger charge is 2.12. The van der Waals surface area contributed by atoms with Crippen LogP contribution in [0.3, 0.4) is 0 Å². The summed E-state index contributed by atoms with van der Waals surface area (Å²) in [4.78, 5) is 12.0. The lowest BCUT2D eigenvalue weighted by atomic mass is 10.1. The second-order valence-corrected chi connectivity index (χ2v) is 6.27. The summed E-state index contributed by atoms with van der Waals surface area (Å²) < 4.78 is 21.5. The Bertz CT molecular complexity index is 829. The van der Waals surface area contributed by atoms with Gasteiger partial charge in [0, 0.05) is 5.56 Å². The highest BCUT2D eigenvalue weighted by molar-refractivity contribution is 5.84. The van der Waals surface area contributed by atoms with Gasteiger partial charge in [-0.15, -0.1) is 0 Å². The van der Waals surface area contributed by atoms with Crippen LogP contribution >= 0.6 is 0 Å². The van der Waals surface area contributed by atoms with E-state index in [9.17, 15) is 4.79 Å². The second-order valence-electron chi connectivity index (χ2n) is 6.27. The monoisotopic (exact) mass is 386 g/mol. The Balaban J connectivity index is 2.00. The van der Waals surface area contributed by atoms with Gasteiger partial charge in [-0.3, -0.25) is 4.79 Å². The number of aryl methyl sites for hydroxylation is 3. The van der Waals surface area contributed by atoms with Crippen molar-refractivity contribution in [3.63, 3.8) is 0 Å². The number of amides is 1. The Morgan fingerprint density at radius 2 is 1.50 bits per heavy atom. The number of hydrazone groups is 1. The van der Waals surface area contributed by atoms with Gasteiger partial charge in [-0.05, 0) is 44.0 Å². The topological polar surface area (TPSA) is 78.4 Å². The van der Waals surface area contributed by atoms with Gasteiger partial charge in [0.1, 0.15) is 5.75 Å². The van der Waals surface area contributed by atoms with Gasteiger partial charge in [-0.25, -0.2) is 5.43 Å². The van der Waals surface area contributed by atoms with Crippen molar-refractivity contribution in [1.29, 1.82) is 0 Å². The lowest BCUT2D eigenvalue weighted by molar-refractivity contribution is -0.123. The SMILES string of the molecule is COc1cc(/C=N/NC(=O)COc2c(C)cc(C)cc2C)cc(OC)c1OC. The number of nitrogens with one attached hydrogen (secondary N) is 1. The predicted molar refractivity (Wildman–Crippen MR) is 108 cm³/mol. The Hall–Kier alpha value is -3.22. The van der Waals surface area contributed by atoms with E-state index in [2.05, 4.69) is 10.5 Å². The fourth-order valence-electron chi connectivity index (χ4n) is 2.92. The first-order valence-electron chi connectivity index (χ1n) is 8.72. The maximum atomic E-state index is 12.0. The average molecular weight is 386 g/mol. The molecule has 0 radical (unpaired) electrons. The molecule has 1 N–H and O–H groups in total. The molecule has 7 heteroatoms. The molecule has 0 unspecified atom stereocenters. The minimum atomic E-state index is -0.358. The number of rotatable bonds is 8. The Labute approximate surface area is 165 Å². The number of carbonyl (C=O) groups is 1. The summed E-state index contributed by atoms with van der Waals surface area (Å²) in [5, 5.41) is 3.96. The van der Waals surface area contributed by atoms with Crippen molar-refractivity contribution in [2.75, 3.05) is 27.9 Å². The van der Waals surface area contributed by atoms with Crippen molar-refractivity contribution in [2.24, 2.45) is 5.10 Å². The van der Waals surface area contributed by atoms with Gasteiger partial charge in [0.25, 0.3) is 5.91 Å². The third-order valence-electron chi connectivity index (χ3n) is 4.04. The Kier molecular flexibility index (Phi) is 7.26. The summed E-state index contributed by atoms with van der Waals surface area (Å²) >= 11 is 0. The quantitative estimate of drug-likeness (QED) is 0.557. The summed E-state index contributed by atoms with van der Waals surface area (Å²) in [5.74, 6) is 1.85. The molecule has 0 aliphatic heterocycles. The molecular formula is C21H26N2O5. The molecule has 0 heterocycles. The maximum Gasteiger partial charge on any atom is 0.277 e. The van der Waals surface area contributed by atoms with E-state index in [0.29, 0.717) is 28.6 Å². The first-order chi connectivity index (χ1) is 13.4. The molecule has 0 aliphatic carbocycles. The van der Waals surface area contributed by atoms with E-state index in [0.717, 1.165) is 16.7 Å². The lowest BCUT2D eigenvalue weighted by Crippen LogP contribution is -2.25. The molecule has 150 valence electrons. The molecule has 0 spiro atoms. The fourth-order valence-corrected chi connectivity index (χ4v) is 2.92. The highest BCUT2D eigenvalue weighted by Crippen LogP contribution is 2.37. The van der Waals surface area contributed by atoms with Crippen molar-refractivity contribution in [1.82, 2.24) is 5.43 Å². The molecule has 0 atom stereocenters. The normalized spacial score (nSPS) is 10.6. The van der Waals surface area contributed by atoms with Gasteiger partial charge in [-0.1, -0.05) is 17.7 Å². The number of benzene rings is 2. The van der Waals surface area contributed by atoms with Gasteiger partial charge >= 0.3 is 0 Å². The Morgan fingerprint density at radius 3 is 2.00 bits per heavy atom. The minimum absolute atomic E-state index is 0.128. The van der Waals surface area contributed by atoms with Gasteiger partial charge in [-0.2, -0.15) is 5.10 Å². The number of methoxy groups -OCH3 is 3. The number of ether oxygens (including phenoxy) is 4. The van der Waals surface area contributed by atoms with Crippen LogP contribution in [-0.2, 0) is 4.79 Å². The third-order valence-corrected chi connectivity index (χ3v) is 4.04. The molecule has 0 fully saturated rings. The van der Waals surface area contributed by atoms with E-state index >= 15 is 0 Å². The second kappa shape index (κ2) is 9.64. The van der Waals surface area contributed by atoms with Crippen LogP contribution in [0.5, 0.6) is 23.0 Å². The molecule has 7 nitrogen and oxygen atoms in total. The van der Waals surface area contributed by atoms with Gasteiger partial charge in [0.15, 0.2) is 18.1 Å². The summed E-state index contributed by atoms with van der Waals surface area (Å²) in [5.41, 5.74) is 6.27. The summed E-state index contributed by atoms with van der Waals surface area (Å²) in [6.45, 7) is 5.80. The van der Waals surface area contributed by atoms with Gasteiger partial charge in [0.05, 0.1) is 27.5 Å². The van der Waals surface area contributed by atoms with E-state index in [1.54, 1.807) is 12.1 Å². The van der Waals surface area contributed by atoms with Crippen molar-refractivity contribution >= 4 is 12.1 Å².